The van der Waals surface area contributed by atoms with E-state index in [0.29, 0.717) is 30.0 Å². The minimum absolute atomic E-state index is 0.0564. The summed E-state index contributed by atoms with van der Waals surface area (Å²) < 4.78 is 5.46. The third-order valence-electron chi connectivity index (χ3n) is 4.11. The zero-order valence-corrected chi connectivity index (χ0v) is 12.1. The molecule has 1 fully saturated rings. The summed E-state index contributed by atoms with van der Waals surface area (Å²) in [5.74, 6) is 0.235. The molecule has 1 aliphatic rings. The predicted molar refractivity (Wildman–Crippen MR) is 77.7 cm³/mol. The Morgan fingerprint density at radius 3 is 2.80 bits per heavy atom. The number of aliphatic hydroxyl groups is 1. The number of hydrogen-bond donors (Lipinski definition) is 3. The van der Waals surface area contributed by atoms with E-state index in [1.54, 1.807) is 18.2 Å². The fourth-order valence-electron chi connectivity index (χ4n) is 2.44. The number of nitrogen functional groups attached to an aromatic ring is 1. The second kappa shape index (κ2) is 5.32. The third-order valence-corrected chi connectivity index (χ3v) is 4.11. The molecule has 1 aromatic rings. The predicted octanol–water partition coefficient (Wildman–Crippen LogP) is 1.56. The van der Waals surface area contributed by atoms with Crippen LogP contribution < -0.4 is 15.8 Å². The average Bonchev–Trinajstić information content (AvgIpc) is 2.38. The Morgan fingerprint density at radius 2 is 2.25 bits per heavy atom. The summed E-state index contributed by atoms with van der Waals surface area (Å²) in [7, 11) is 0. The van der Waals surface area contributed by atoms with Crippen LogP contribution in [-0.4, -0.2) is 29.8 Å². The van der Waals surface area contributed by atoms with Crippen molar-refractivity contribution in [1.29, 1.82) is 0 Å². The molecule has 1 amide bonds. The first kappa shape index (κ1) is 14.7. The molecule has 20 heavy (non-hydrogen) atoms. The first-order valence-electron chi connectivity index (χ1n) is 6.88. The molecule has 0 heterocycles. The van der Waals surface area contributed by atoms with Crippen molar-refractivity contribution in [2.45, 2.75) is 39.3 Å². The summed E-state index contributed by atoms with van der Waals surface area (Å²) >= 11 is 0. The van der Waals surface area contributed by atoms with E-state index < -0.39 is 0 Å². The summed E-state index contributed by atoms with van der Waals surface area (Å²) in [6, 6.07) is 5.11. The van der Waals surface area contributed by atoms with Gasteiger partial charge in [0.2, 0.25) is 0 Å². The molecule has 1 aromatic carbocycles. The summed E-state index contributed by atoms with van der Waals surface area (Å²) in [6.07, 6.45) is 0.183. The number of amides is 1. The van der Waals surface area contributed by atoms with Crippen LogP contribution >= 0.6 is 0 Å². The zero-order valence-electron chi connectivity index (χ0n) is 12.1. The molecule has 0 saturated heterocycles. The molecule has 1 saturated carbocycles. The van der Waals surface area contributed by atoms with Crippen LogP contribution in [0.4, 0.5) is 5.69 Å². The van der Waals surface area contributed by atoms with Crippen LogP contribution in [0.3, 0.4) is 0 Å². The molecular weight excluding hydrogens is 256 g/mol. The Morgan fingerprint density at radius 1 is 1.55 bits per heavy atom. The smallest absolute Gasteiger partial charge is 0.257 e. The second-order valence-corrected chi connectivity index (χ2v) is 5.75. The number of anilines is 1. The van der Waals surface area contributed by atoms with Crippen molar-refractivity contribution in [3.05, 3.63) is 23.8 Å². The molecule has 110 valence electrons. The Hall–Kier alpha value is -1.75. The lowest BCUT2D eigenvalue weighted by Crippen LogP contribution is -2.61. The van der Waals surface area contributed by atoms with Gasteiger partial charge in [0, 0.05) is 17.1 Å². The molecule has 0 radical (unpaired) electrons. The Bertz CT molecular complexity index is 514. The van der Waals surface area contributed by atoms with Crippen molar-refractivity contribution in [2.75, 3.05) is 12.3 Å². The van der Waals surface area contributed by atoms with Gasteiger partial charge in [-0.05, 0) is 25.5 Å². The Labute approximate surface area is 119 Å². The van der Waals surface area contributed by atoms with E-state index in [-0.39, 0.29) is 23.5 Å². The van der Waals surface area contributed by atoms with Crippen LogP contribution in [-0.2, 0) is 0 Å². The topological polar surface area (TPSA) is 84.6 Å². The Kier molecular flexibility index (Phi) is 3.90. The molecule has 5 heteroatoms. The van der Waals surface area contributed by atoms with E-state index in [1.165, 1.54) is 0 Å². The van der Waals surface area contributed by atoms with Gasteiger partial charge in [0.15, 0.2) is 0 Å². The molecule has 2 atom stereocenters. The first-order chi connectivity index (χ1) is 9.37. The monoisotopic (exact) mass is 278 g/mol. The van der Waals surface area contributed by atoms with Gasteiger partial charge in [-0.25, -0.2) is 0 Å². The van der Waals surface area contributed by atoms with Crippen molar-refractivity contribution in [2.24, 2.45) is 5.41 Å². The van der Waals surface area contributed by atoms with E-state index in [2.05, 4.69) is 5.32 Å². The summed E-state index contributed by atoms with van der Waals surface area (Å²) in [4.78, 5) is 12.4. The van der Waals surface area contributed by atoms with E-state index >= 15 is 0 Å². The summed E-state index contributed by atoms with van der Waals surface area (Å²) in [6.45, 7) is 6.20. The first-order valence-corrected chi connectivity index (χ1v) is 6.88. The highest BCUT2D eigenvalue weighted by atomic mass is 16.5. The van der Waals surface area contributed by atoms with Gasteiger partial charge in [0.05, 0.1) is 12.7 Å². The minimum atomic E-state index is -0.382. The normalized spacial score (nSPS) is 23.8. The average molecular weight is 278 g/mol. The fraction of sp³-hybridized carbons (Fsp3) is 0.533. The number of ether oxygens (including phenoxy) is 1. The summed E-state index contributed by atoms with van der Waals surface area (Å²) in [5, 5.41) is 12.7. The van der Waals surface area contributed by atoms with Gasteiger partial charge in [-0.3, -0.25) is 4.79 Å². The summed E-state index contributed by atoms with van der Waals surface area (Å²) in [5.41, 5.74) is 6.34. The van der Waals surface area contributed by atoms with Crippen LogP contribution in [0.1, 0.15) is 37.6 Å². The maximum Gasteiger partial charge on any atom is 0.257 e. The van der Waals surface area contributed by atoms with Crippen LogP contribution in [0.25, 0.3) is 0 Å². The lowest BCUT2D eigenvalue weighted by Gasteiger charge is -2.49. The fourth-order valence-corrected chi connectivity index (χ4v) is 2.44. The van der Waals surface area contributed by atoms with Crippen molar-refractivity contribution >= 4 is 11.6 Å². The largest absolute Gasteiger partial charge is 0.493 e. The number of nitrogens with two attached hydrogens (primary N) is 1. The van der Waals surface area contributed by atoms with Gasteiger partial charge in [-0.1, -0.05) is 19.9 Å². The number of hydrogen-bond acceptors (Lipinski definition) is 4. The van der Waals surface area contributed by atoms with Crippen LogP contribution in [0.15, 0.2) is 18.2 Å². The van der Waals surface area contributed by atoms with Crippen molar-refractivity contribution in [3.8, 4) is 5.75 Å². The van der Waals surface area contributed by atoms with E-state index in [4.69, 9.17) is 10.5 Å². The molecule has 4 N–H and O–H groups in total. The molecule has 0 bridgehead atoms. The molecule has 0 aromatic heterocycles. The van der Waals surface area contributed by atoms with Gasteiger partial charge >= 0.3 is 0 Å². The number of carbonyl (C=O) groups is 1. The van der Waals surface area contributed by atoms with E-state index in [0.717, 1.165) is 0 Å². The Balaban J connectivity index is 2.18. The number of benzene rings is 1. The van der Waals surface area contributed by atoms with Gasteiger partial charge in [0.25, 0.3) is 5.91 Å². The van der Waals surface area contributed by atoms with Gasteiger partial charge in [0.1, 0.15) is 11.3 Å². The maximum atomic E-state index is 12.4. The second-order valence-electron chi connectivity index (χ2n) is 5.75. The highest BCUT2D eigenvalue weighted by molar-refractivity contribution is 6.02. The minimum Gasteiger partial charge on any atom is -0.493 e. The molecule has 5 nitrogen and oxygen atoms in total. The van der Waals surface area contributed by atoms with Gasteiger partial charge < -0.3 is 20.9 Å². The molecule has 0 aliphatic heterocycles. The van der Waals surface area contributed by atoms with Gasteiger partial charge in [-0.15, -0.1) is 0 Å². The lowest BCUT2D eigenvalue weighted by atomic mass is 9.64. The lowest BCUT2D eigenvalue weighted by molar-refractivity contribution is -0.0689. The number of rotatable bonds is 4. The SMILES string of the molecule is CCOc1cccc(N)c1C(=O)NC1CC(O)C1(C)C. The third kappa shape index (κ3) is 2.45. The molecule has 0 spiro atoms. The van der Waals surface area contributed by atoms with Crippen molar-refractivity contribution in [3.63, 3.8) is 0 Å². The van der Waals surface area contributed by atoms with Gasteiger partial charge in [-0.2, -0.15) is 0 Å². The van der Waals surface area contributed by atoms with E-state index in [1.807, 2.05) is 20.8 Å². The highest BCUT2D eigenvalue weighted by Crippen LogP contribution is 2.40. The van der Waals surface area contributed by atoms with Crippen molar-refractivity contribution < 1.29 is 14.6 Å². The molecule has 2 unspecified atom stereocenters. The maximum absolute atomic E-state index is 12.4. The van der Waals surface area contributed by atoms with Crippen LogP contribution in [0.5, 0.6) is 5.75 Å². The van der Waals surface area contributed by atoms with Crippen molar-refractivity contribution in [1.82, 2.24) is 5.32 Å². The quantitative estimate of drug-likeness (QED) is 0.730. The molecular formula is C15H22N2O3. The standard InChI is InChI=1S/C15H22N2O3/c1-4-20-10-7-5-6-9(16)13(10)14(19)17-11-8-12(18)15(11,2)3/h5-7,11-12,18H,4,8,16H2,1-3H3,(H,17,19). The number of carbonyl (C=O) groups excluding carboxylic acids is 1. The molecule has 1 aliphatic carbocycles. The van der Waals surface area contributed by atoms with Crippen LogP contribution in [0.2, 0.25) is 0 Å². The van der Waals surface area contributed by atoms with Crippen LogP contribution in [0, 0.1) is 5.41 Å². The number of nitrogens with one attached hydrogen (secondary N) is 1. The molecule has 2 rings (SSSR count). The van der Waals surface area contributed by atoms with E-state index in [9.17, 15) is 9.90 Å². The number of aliphatic hydroxyl groups excluding tert-OH is 1. The highest BCUT2D eigenvalue weighted by Gasteiger charge is 2.48. The zero-order chi connectivity index (χ0) is 14.9.